The lowest BCUT2D eigenvalue weighted by molar-refractivity contribution is 0.250. The molecule has 0 aliphatic heterocycles. The van der Waals surface area contributed by atoms with Crippen LogP contribution in [0.15, 0.2) is 23.1 Å². The summed E-state index contributed by atoms with van der Waals surface area (Å²) >= 11 is 4.74. The van der Waals surface area contributed by atoms with Crippen molar-refractivity contribution in [2.24, 2.45) is 5.73 Å². The Hall–Kier alpha value is -1.09. The van der Waals surface area contributed by atoms with E-state index in [1.54, 1.807) is 0 Å². The molecule has 0 saturated heterocycles. The van der Waals surface area contributed by atoms with E-state index in [2.05, 4.69) is 0 Å². The maximum absolute atomic E-state index is 13.8. The summed E-state index contributed by atoms with van der Waals surface area (Å²) in [5.74, 6) is -0.765. The van der Waals surface area contributed by atoms with Crippen molar-refractivity contribution in [3.8, 4) is 0 Å². The molecule has 1 saturated carbocycles. The zero-order valence-corrected chi connectivity index (χ0v) is 12.3. The second-order valence-electron chi connectivity index (χ2n) is 4.55. The van der Waals surface area contributed by atoms with Gasteiger partial charge in [-0.05, 0) is 25.0 Å². The van der Waals surface area contributed by atoms with E-state index in [0.717, 1.165) is 18.9 Å². The molecule has 0 amide bonds. The van der Waals surface area contributed by atoms with E-state index in [0.29, 0.717) is 0 Å². The SMILES string of the molecule is NC(=S)c1c(F)cccc1S(=O)(=O)N(CCO)C1CC1. The molecule has 0 atom stereocenters. The van der Waals surface area contributed by atoms with Crippen molar-refractivity contribution in [3.05, 3.63) is 29.6 Å². The van der Waals surface area contributed by atoms with Crippen LogP contribution >= 0.6 is 12.2 Å². The normalized spacial score (nSPS) is 15.6. The third-order valence-corrected chi connectivity index (χ3v) is 5.28. The first-order chi connectivity index (χ1) is 9.39. The second-order valence-corrected chi connectivity index (χ2v) is 6.85. The molecule has 0 radical (unpaired) electrons. The van der Waals surface area contributed by atoms with E-state index in [4.69, 9.17) is 23.1 Å². The second kappa shape index (κ2) is 5.72. The minimum Gasteiger partial charge on any atom is -0.395 e. The summed E-state index contributed by atoms with van der Waals surface area (Å²) in [5, 5.41) is 9.03. The summed E-state index contributed by atoms with van der Waals surface area (Å²) in [5.41, 5.74) is 5.16. The first-order valence-corrected chi connectivity index (χ1v) is 7.95. The maximum Gasteiger partial charge on any atom is 0.244 e. The van der Waals surface area contributed by atoms with Crippen LogP contribution in [0.1, 0.15) is 18.4 Å². The van der Waals surface area contributed by atoms with Crippen LogP contribution in [0.4, 0.5) is 4.39 Å². The lowest BCUT2D eigenvalue weighted by Crippen LogP contribution is -2.36. The van der Waals surface area contributed by atoms with E-state index in [-0.39, 0.29) is 34.6 Å². The van der Waals surface area contributed by atoms with Gasteiger partial charge in [0.05, 0.1) is 17.1 Å². The molecule has 8 heteroatoms. The molecular weight excluding hydrogens is 303 g/mol. The smallest absolute Gasteiger partial charge is 0.244 e. The molecule has 2 rings (SSSR count). The van der Waals surface area contributed by atoms with Gasteiger partial charge in [0, 0.05) is 12.6 Å². The molecule has 110 valence electrons. The summed E-state index contributed by atoms with van der Waals surface area (Å²) in [6.45, 7) is -0.326. The Labute approximate surface area is 122 Å². The van der Waals surface area contributed by atoms with Crippen LogP contribution in [-0.4, -0.2) is 42.0 Å². The summed E-state index contributed by atoms with van der Waals surface area (Å²) in [6, 6.07) is 3.55. The monoisotopic (exact) mass is 318 g/mol. The van der Waals surface area contributed by atoms with Gasteiger partial charge in [0.25, 0.3) is 0 Å². The predicted molar refractivity (Wildman–Crippen MR) is 76.3 cm³/mol. The van der Waals surface area contributed by atoms with Gasteiger partial charge in [-0.1, -0.05) is 18.3 Å². The van der Waals surface area contributed by atoms with Crippen LogP contribution < -0.4 is 5.73 Å². The van der Waals surface area contributed by atoms with Gasteiger partial charge in [-0.2, -0.15) is 4.31 Å². The molecule has 1 aliphatic rings. The van der Waals surface area contributed by atoms with E-state index in [1.807, 2.05) is 0 Å². The van der Waals surface area contributed by atoms with Gasteiger partial charge in [0.1, 0.15) is 10.8 Å². The minimum atomic E-state index is -3.93. The highest BCUT2D eigenvalue weighted by Gasteiger charge is 2.39. The molecule has 1 aliphatic carbocycles. The summed E-state index contributed by atoms with van der Waals surface area (Å²) < 4.78 is 40.2. The van der Waals surface area contributed by atoms with Crippen molar-refractivity contribution in [2.45, 2.75) is 23.8 Å². The quantitative estimate of drug-likeness (QED) is 0.751. The summed E-state index contributed by atoms with van der Waals surface area (Å²) in [4.78, 5) is -0.549. The van der Waals surface area contributed by atoms with E-state index < -0.39 is 15.8 Å². The van der Waals surface area contributed by atoms with Crippen LogP contribution in [0.3, 0.4) is 0 Å². The third-order valence-electron chi connectivity index (χ3n) is 3.08. The van der Waals surface area contributed by atoms with Gasteiger partial charge in [-0.25, -0.2) is 12.8 Å². The average molecular weight is 318 g/mol. The fraction of sp³-hybridized carbons (Fsp3) is 0.417. The number of thiocarbonyl (C=S) groups is 1. The van der Waals surface area contributed by atoms with Gasteiger partial charge >= 0.3 is 0 Å². The molecule has 0 spiro atoms. The predicted octanol–water partition coefficient (Wildman–Crippen LogP) is 0.605. The number of aliphatic hydroxyl groups is 1. The molecule has 3 N–H and O–H groups in total. The topological polar surface area (TPSA) is 83.6 Å². The van der Waals surface area contributed by atoms with Gasteiger partial charge in [-0.15, -0.1) is 0 Å². The minimum absolute atomic E-state index is 0.0275. The van der Waals surface area contributed by atoms with Crippen molar-refractivity contribution in [1.82, 2.24) is 4.31 Å². The summed E-state index contributed by atoms with van der Waals surface area (Å²) in [6.07, 6.45) is 1.47. The summed E-state index contributed by atoms with van der Waals surface area (Å²) in [7, 11) is -3.93. The Kier molecular flexibility index (Phi) is 4.38. The zero-order valence-electron chi connectivity index (χ0n) is 10.6. The fourth-order valence-electron chi connectivity index (χ4n) is 2.04. The van der Waals surface area contributed by atoms with Gasteiger partial charge in [-0.3, -0.25) is 0 Å². The van der Waals surface area contributed by atoms with Crippen LogP contribution in [0, 0.1) is 5.82 Å². The fourth-order valence-corrected chi connectivity index (χ4v) is 4.21. The molecule has 0 heterocycles. The Balaban J connectivity index is 2.53. The first-order valence-electron chi connectivity index (χ1n) is 6.10. The molecule has 1 aromatic rings. The number of nitrogens with zero attached hydrogens (tertiary/aromatic N) is 1. The van der Waals surface area contributed by atoms with Crippen LogP contribution in [0.5, 0.6) is 0 Å². The molecule has 0 bridgehead atoms. The molecule has 1 aromatic carbocycles. The van der Waals surface area contributed by atoms with Gasteiger partial charge < -0.3 is 10.8 Å². The standard InChI is InChI=1S/C12H15FN2O3S2/c13-9-2-1-3-10(11(9)12(14)19)20(17,18)15(6-7-16)8-4-5-8/h1-3,8,16H,4-7H2,(H2,14,19). The highest BCUT2D eigenvalue weighted by Crippen LogP contribution is 2.33. The lowest BCUT2D eigenvalue weighted by Gasteiger charge is -2.22. The highest BCUT2D eigenvalue weighted by molar-refractivity contribution is 7.89. The Morgan fingerprint density at radius 3 is 2.65 bits per heavy atom. The van der Waals surface area contributed by atoms with E-state index in [1.165, 1.54) is 16.4 Å². The average Bonchev–Trinajstić information content (AvgIpc) is 3.19. The number of sulfonamides is 1. The number of nitrogens with two attached hydrogens (primary N) is 1. The van der Waals surface area contributed by atoms with E-state index >= 15 is 0 Å². The molecule has 20 heavy (non-hydrogen) atoms. The van der Waals surface area contributed by atoms with Crippen LogP contribution in [0.25, 0.3) is 0 Å². The van der Waals surface area contributed by atoms with Gasteiger partial charge in [0.2, 0.25) is 10.0 Å². The van der Waals surface area contributed by atoms with Crippen LogP contribution in [-0.2, 0) is 10.0 Å². The Morgan fingerprint density at radius 1 is 1.50 bits per heavy atom. The zero-order chi connectivity index (χ0) is 14.9. The molecule has 0 aromatic heterocycles. The number of hydrogen-bond donors (Lipinski definition) is 2. The number of halogens is 1. The van der Waals surface area contributed by atoms with Gasteiger partial charge in [0.15, 0.2) is 0 Å². The highest BCUT2D eigenvalue weighted by atomic mass is 32.2. The molecular formula is C12H15FN2O3S2. The number of hydrogen-bond acceptors (Lipinski definition) is 4. The van der Waals surface area contributed by atoms with Crippen LogP contribution in [0.2, 0.25) is 0 Å². The van der Waals surface area contributed by atoms with Crippen molar-refractivity contribution in [2.75, 3.05) is 13.2 Å². The van der Waals surface area contributed by atoms with Crippen molar-refractivity contribution in [3.63, 3.8) is 0 Å². The van der Waals surface area contributed by atoms with Crippen molar-refractivity contribution in [1.29, 1.82) is 0 Å². The number of rotatable bonds is 6. The molecule has 0 unspecified atom stereocenters. The lowest BCUT2D eigenvalue weighted by atomic mass is 10.2. The number of aliphatic hydroxyl groups excluding tert-OH is 1. The van der Waals surface area contributed by atoms with E-state index in [9.17, 15) is 12.8 Å². The Morgan fingerprint density at radius 2 is 2.15 bits per heavy atom. The van der Waals surface area contributed by atoms with Crippen molar-refractivity contribution >= 4 is 27.2 Å². The molecule has 1 fully saturated rings. The molecule has 5 nitrogen and oxygen atoms in total. The number of benzene rings is 1. The largest absolute Gasteiger partial charge is 0.395 e. The third kappa shape index (κ3) is 2.83. The Bertz CT molecular complexity index is 630. The first kappa shape index (κ1) is 15.3. The van der Waals surface area contributed by atoms with Crippen molar-refractivity contribution < 1.29 is 17.9 Å². The maximum atomic E-state index is 13.8.